The molecule has 0 saturated carbocycles. The molecule has 0 unspecified atom stereocenters. The van der Waals surface area contributed by atoms with E-state index >= 15 is 0 Å². The van der Waals surface area contributed by atoms with Crippen molar-refractivity contribution in [2.45, 2.75) is 274 Å². The first-order chi connectivity index (χ1) is 46.1. The molecular formula is C102H154. The lowest BCUT2D eigenvalue weighted by atomic mass is 9.74. The van der Waals surface area contributed by atoms with Gasteiger partial charge in [-0.1, -0.05) is 494 Å². The molecule has 11 aromatic rings. The van der Waals surface area contributed by atoms with Crippen LogP contribution in [0.25, 0.3) is 64.6 Å². The highest BCUT2D eigenvalue weighted by molar-refractivity contribution is 6.07. The van der Waals surface area contributed by atoms with Crippen LogP contribution in [0.4, 0.5) is 0 Å². The smallest absolute Gasteiger partial charge is 0.0120 e. The third-order valence-corrected chi connectivity index (χ3v) is 11.0. The van der Waals surface area contributed by atoms with Gasteiger partial charge in [0.15, 0.2) is 0 Å². The van der Waals surface area contributed by atoms with Crippen LogP contribution in [0.15, 0.2) is 243 Å². The van der Waals surface area contributed by atoms with Gasteiger partial charge in [-0.05, 0) is 142 Å². The lowest BCUT2D eigenvalue weighted by molar-refractivity contribution is 0.469. The molecule has 0 aliphatic heterocycles. The van der Waals surface area contributed by atoms with Crippen LogP contribution >= 0.6 is 0 Å². The van der Waals surface area contributed by atoms with E-state index in [1.54, 1.807) is 0 Å². The van der Waals surface area contributed by atoms with Crippen LogP contribution in [-0.4, -0.2) is 0 Å². The van der Waals surface area contributed by atoms with Gasteiger partial charge in [0.05, 0.1) is 0 Å². The van der Waals surface area contributed by atoms with E-state index in [9.17, 15) is 0 Å². The monoisotopic (exact) mass is 1380 g/mol. The SMILES string of the molecule is CC(C)(C)C.CC(C)(C)C.CC(C)(C)C.CC(C)(C)C.CC(C)(C)C.CC(C)(C)C.CC(C)(C)C.CC(C)(C)C.CC(C)(C)c1c2ccccc2c(C(C)(C)C)c2ccccc12.c1ccc2cc3ccccc3cc2c1.c1ccc2ccccc2c1.c1ccc2ccccc2c1.c1ccccc1. The summed E-state index contributed by atoms with van der Waals surface area (Å²) in [5.74, 6) is 0. The summed E-state index contributed by atoms with van der Waals surface area (Å²) in [7, 11) is 0. The molecule has 0 heterocycles. The molecule has 0 radical (unpaired) electrons. The average molecular weight is 1380 g/mol. The fourth-order valence-electron chi connectivity index (χ4n) is 8.28. The highest BCUT2D eigenvalue weighted by Crippen LogP contribution is 2.43. The highest BCUT2D eigenvalue weighted by Gasteiger charge is 2.27. The third kappa shape index (κ3) is 59.5. The average Bonchev–Trinajstić information content (AvgIpc) is 0.731. The van der Waals surface area contributed by atoms with E-state index in [-0.39, 0.29) is 10.8 Å². The third-order valence-electron chi connectivity index (χ3n) is 11.0. The summed E-state index contributed by atoms with van der Waals surface area (Å²) in [5, 5.41) is 16.1. The molecule has 0 bridgehead atoms. The number of rotatable bonds is 0. The highest BCUT2D eigenvalue weighted by atomic mass is 14.3. The van der Waals surface area contributed by atoms with Crippen molar-refractivity contribution in [1.29, 1.82) is 0 Å². The normalized spacial score (nSPS) is 11.4. The second kappa shape index (κ2) is 44.6. The van der Waals surface area contributed by atoms with Gasteiger partial charge in [0, 0.05) is 0 Å². The number of hydrogen-bond donors (Lipinski definition) is 0. The Kier molecular flexibility index (Phi) is 42.4. The summed E-state index contributed by atoms with van der Waals surface area (Å²) >= 11 is 0. The van der Waals surface area contributed by atoms with Gasteiger partial charge in [0.25, 0.3) is 0 Å². The molecule has 102 heavy (non-hydrogen) atoms. The van der Waals surface area contributed by atoms with Crippen molar-refractivity contribution >= 4 is 64.6 Å². The lowest BCUT2D eigenvalue weighted by Crippen LogP contribution is -2.17. The minimum absolute atomic E-state index is 0.121. The summed E-state index contributed by atoms with van der Waals surface area (Å²) in [6.45, 7) is 83.9. The standard InChI is InChI=1S/C22H26.C14H10.2C10H8.C6H6.8C5H12/c1-21(2,3)19-15-11-7-9-13-17(15)20(22(4,5)6)18-14-10-8-12-16(18)19;1-2-6-12-10-14-8-4-3-7-13(14)9-11(12)5-1;2*1-2-6-10-8-4-3-7-9(10)5-1;1-2-4-6-5-3-1;8*1-5(2,3)4/h7-14H,1-6H3;1-10H;2*1-8H;1-6H;8*1-4H3. The Balaban J connectivity index is 0. The predicted octanol–water partition coefficient (Wildman–Crippen LogP) is 34.4. The Bertz CT molecular complexity index is 3310. The maximum atomic E-state index is 2.32. The van der Waals surface area contributed by atoms with Gasteiger partial charge in [-0.3, -0.25) is 0 Å². The van der Waals surface area contributed by atoms with E-state index in [0.717, 1.165) is 0 Å². The van der Waals surface area contributed by atoms with Gasteiger partial charge in [0.1, 0.15) is 0 Å². The Labute approximate surface area is 631 Å². The Morgan fingerprint density at radius 3 is 0.333 bits per heavy atom. The molecule has 0 atom stereocenters. The zero-order valence-corrected chi connectivity index (χ0v) is 73.1. The molecule has 0 aliphatic carbocycles. The molecule has 0 amide bonds. The molecule has 0 fully saturated rings. The topological polar surface area (TPSA) is 0 Å². The second-order valence-corrected chi connectivity index (χ2v) is 41.7. The first-order valence-corrected chi connectivity index (χ1v) is 37.8. The zero-order valence-electron chi connectivity index (χ0n) is 73.1. The Hall–Kier alpha value is -7.02. The number of fused-ring (bicyclic) bond motifs is 6. The van der Waals surface area contributed by atoms with E-state index in [0.29, 0.717) is 43.3 Å². The van der Waals surface area contributed by atoms with Crippen LogP contribution in [0, 0.1) is 43.3 Å². The van der Waals surface area contributed by atoms with Crippen LogP contribution in [-0.2, 0) is 10.8 Å². The van der Waals surface area contributed by atoms with Crippen molar-refractivity contribution in [1.82, 2.24) is 0 Å². The molecule has 0 saturated heterocycles. The summed E-state index contributed by atoms with van der Waals surface area (Å²) in [5.41, 5.74) is 7.17. The van der Waals surface area contributed by atoms with Gasteiger partial charge >= 0.3 is 0 Å². The molecule has 0 aromatic heterocycles. The van der Waals surface area contributed by atoms with Gasteiger partial charge in [-0.15, -0.1) is 0 Å². The van der Waals surface area contributed by atoms with Crippen LogP contribution < -0.4 is 0 Å². The lowest BCUT2D eigenvalue weighted by Gasteiger charge is -2.30. The summed E-state index contributed by atoms with van der Waals surface area (Å²) in [6.07, 6.45) is 0. The van der Waals surface area contributed by atoms with Gasteiger partial charge in [0.2, 0.25) is 0 Å². The maximum absolute atomic E-state index is 2.32. The fraction of sp³-hybridized carbons (Fsp3) is 0.471. The van der Waals surface area contributed by atoms with Gasteiger partial charge in [-0.2, -0.15) is 0 Å². The molecule has 0 N–H and O–H groups in total. The summed E-state index contributed by atoms with van der Waals surface area (Å²) < 4.78 is 0. The van der Waals surface area contributed by atoms with E-state index in [1.807, 2.05) is 36.4 Å². The Morgan fingerprint density at radius 2 is 0.225 bits per heavy atom. The van der Waals surface area contributed by atoms with Crippen LogP contribution in [0.1, 0.15) is 274 Å². The first-order valence-electron chi connectivity index (χ1n) is 37.8. The van der Waals surface area contributed by atoms with Crippen molar-refractivity contribution < 1.29 is 0 Å². The van der Waals surface area contributed by atoms with Crippen molar-refractivity contribution in [3.8, 4) is 0 Å². The van der Waals surface area contributed by atoms with Gasteiger partial charge in [-0.25, -0.2) is 0 Å². The van der Waals surface area contributed by atoms with E-state index in [2.05, 4.69) is 469 Å². The predicted molar refractivity (Wildman–Crippen MR) is 476 cm³/mol. The number of benzene rings is 11. The molecule has 0 spiro atoms. The van der Waals surface area contributed by atoms with Crippen LogP contribution in [0.5, 0.6) is 0 Å². The van der Waals surface area contributed by atoms with Gasteiger partial charge < -0.3 is 0 Å². The maximum Gasteiger partial charge on any atom is -0.0120 e. The van der Waals surface area contributed by atoms with E-state index in [4.69, 9.17) is 0 Å². The van der Waals surface area contributed by atoms with Crippen LogP contribution in [0.2, 0.25) is 0 Å². The molecule has 562 valence electrons. The number of hydrogen-bond acceptors (Lipinski definition) is 0. The van der Waals surface area contributed by atoms with E-state index < -0.39 is 0 Å². The molecule has 11 aromatic carbocycles. The molecular weight excluding hydrogens is 1230 g/mol. The zero-order chi connectivity index (χ0) is 79.4. The fourth-order valence-corrected chi connectivity index (χ4v) is 8.28. The van der Waals surface area contributed by atoms with E-state index in [1.165, 1.54) is 75.8 Å². The largest absolute Gasteiger partial charge is 0.0623 e. The van der Waals surface area contributed by atoms with Crippen molar-refractivity contribution in [3.05, 3.63) is 254 Å². The minimum atomic E-state index is 0.121. The molecule has 0 heteroatoms. The van der Waals surface area contributed by atoms with Crippen molar-refractivity contribution in [2.24, 2.45) is 43.3 Å². The molecule has 0 aliphatic rings. The van der Waals surface area contributed by atoms with Crippen molar-refractivity contribution in [2.75, 3.05) is 0 Å². The quantitative estimate of drug-likeness (QED) is 0.133. The molecule has 0 nitrogen and oxygen atoms in total. The minimum Gasteiger partial charge on any atom is -0.0623 e. The summed E-state index contributed by atoms with van der Waals surface area (Å²) in [6, 6.07) is 84.7. The summed E-state index contributed by atoms with van der Waals surface area (Å²) in [4.78, 5) is 0. The van der Waals surface area contributed by atoms with Crippen LogP contribution in [0.3, 0.4) is 0 Å². The molecule has 11 rings (SSSR count). The second-order valence-electron chi connectivity index (χ2n) is 41.7. The Morgan fingerprint density at radius 1 is 0.127 bits per heavy atom. The first kappa shape index (κ1) is 97.0. The van der Waals surface area contributed by atoms with Crippen molar-refractivity contribution in [3.63, 3.8) is 0 Å².